The average Bonchev–Trinajstić information content (AvgIpc) is 3.20. The second kappa shape index (κ2) is 6.66. The van der Waals surface area contributed by atoms with Crippen molar-refractivity contribution in [2.24, 2.45) is 0 Å². The average molecular weight is 378 g/mol. The number of hydrogen-bond acceptors (Lipinski definition) is 5. The van der Waals surface area contributed by atoms with E-state index in [9.17, 15) is 19.2 Å². The van der Waals surface area contributed by atoms with Crippen molar-refractivity contribution in [1.29, 1.82) is 0 Å². The highest BCUT2D eigenvalue weighted by Gasteiger charge is 2.35. The van der Waals surface area contributed by atoms with E-state index in [1.165, 1.54) is 18.2 Å². The van der Waals surface area contributed by atoms with Crippen molar-refractivity contribution in [1.82, 2.24) is 4.90 Å². The molecule has 0 fully saturated rings. The number of furan rings is 1. The topological polar surface area (TPSA) is 117 Å². The number of carboxylic acids is 1. The summed E-state index contributed by atoms with van der Waals surface area (Å²) in [6, 6.07) is 13.1. The van der Waals surface area contributed by atoms with Crippen molar-refractivity contribution >= 4 is 40.3 Å². The first-order chi connectivity index (χ1) is 13.4. The van der Waals surface area contributed by atoms with Gasteiger partial charge in [0.15, 0.2) is 5.76 Å². The predicted molar refractivity (Wildman–Crippen MR) is 98.2 cm³/mol. The number of para-hydroxylation sites is 1. The summed E-state index contributed by atoms with van der Waals surface area (Å²) in [5.41, 5.74) is 1.21. The molecule has 0 aliphatic carbocycles. The minimum atomic E-state index is -1.10. The number of benzene rings is 2. The van der Waals surface area contributed by atoms with Gasteiger partial charge < -0.3 is 14.8 Å². The summed E-state index contributed by atoms with van der Waals surface area (Å²) >= 11 is 0. The van der Waals surface area contributed by atoms with E-state index in [1.54, 1.807) is 18.2 Å². The van der Waals surface area contributed by atoms with Gasteiger partial charge in [0.05, 0.1) is 17.5 Å². The van der Waals surface area contributed by atoms with Crippen LogP contribution in [-0.4, -0.2) is 40.2 Å². The number of carbonyl (C=O) groups is 4. The Hall–Kier alpha value is -3.94. The second-order valence-electron chi connectivity index (χ2n) is 6.27. The minimum Gasteiger partial charge on any atom is -0.481 e. The molecule has 1 aliphatic heterocycles. The van der Waals surface area contributed by atoms with Gasteiger partial charge in [-0.15, -0.1) is 0 Å². The summed E-state index contributed by atoms with van der Waals surface area (Å²) < 4.78 is 5.51. The third-order valence-electron chi connectivity index (χ3n) is 4.43. The van der Waals surface area contributed by atoms with Crippen molar-refractivity contribution in [2.45, 2.75) is 6.42 Å². The molecule has 0 radical (unpaired) electrons. The van der Waals surface area contributed by atoms with Gasteiger partial charge in [-0.1, -0.05) is 18.2 Å². The van der Waals surface area contributed by atoms with Crippen LogP contribution < -0.4 is 5.32 Å². The van der Waals surface area contributed by atoms with Crippen LogP contribution in [0.4, 0.5) is 5.69 Å². The summed E-state index contributed by atoms with van der Waals surface area (Å²) in [6.45, 7) is -0.206. The number of carbonyl (C=O) groups excluding carboxylic acids is 3. The lowest BCUT2D eigenvalue weighted by Gasteiger charge is -2.11. The van der Waals surface area contributed by atoms with E-state index in [0.29, 0.717) is 11.3 Å². The first kappa shape index (κ1) is 17.5. The number of rotatable bonds is 5. The molecule has 0 saturated carbocycles. The van der Waals surface area contributed by atoms with E-state index in [-0.39, 0.29) is 29.9 Å². The van der Waals surface area contributed by atoms with Crippen LogP contribution in [0.15, 0.2) is 52.9 Å². The minimum absolute atomic E-state index is 0.118. The van der Waals surface area contributed by atoms with Crippen molar-refractivity contribution in [3.63, 3.8) is 0 Å². The number of aliphatic carboxylic acids is 1. The molecule has 0 bridgehead atoms. The molecule has 1 aromatic heterocycles. The first-order valence-electron chi connectivity index (χ1n) is 8.46. The maximum atomic E-state index is 12.4. The Morgan fingerprint density at radius 1 is 1.00 bits per heavy atom. The van der Waals surface area contributed by atoms with Crippen LogP contribution in [0.3, 0.4) is 0 Å². The summed E-state index contributed by atoms with van der Waals surface area (Å²) in [6.07, 6.45) is -0.332. The lowest BCUT2D eigenvalue weighted by Crippen LogP contribution is -2.31. The fourth-order valence-electron chi connectivity index (χ4n) is 3.07. The molecule has 2 N–H and O–H groups in total. The van der Waals surface area contributed by atoms with Crippen LogP contribution in [0.5, 0.6) is 0 Å². The summed E-state index contributed by atoms with van der Waals surface area (Å²) in [5, 5.41) is 12.2. The number of carboxylic acid groups (broad SMARTS) is 1. The summed E-state index contributed by atoms with van der Waals surface area (Å²) in [7, 11) is 0. The van der Waals surface area contributed by atoms with Gasteiger partial charge in [-0.3, -0.25) is 24.1 Å². The number of nitrogens with one attached hydrogen (secondary N) is 1. The number of anilines is 1. The van der Waals surface area contributed by atoms with Gasteiger partial charge in [0, 0.05) is 17.6 Å². The Morgan fingerprint density at radius 2 is 1.75 bits per heavy atom. The van der Waals surface area contributed by atoms with E-state index in [4.69, 9.17) is 9.52 Å². The molecule has 2 aromatic carbocycles. The van der Waals surface area contributed by atoms with Gasteiger partial charge >= 0.3 is 5.97 Å². The first-order valence-corrected chi connectivity index (χ1v) is 8.46. The SMILES string of the molecule is O=C(O)CCN1C(=O)c2ccc(NC(=O)c3cc4ccccc4o3)cc2C1=O. The Bertz CT molecular complexity index is 1110. The van der Waals surface area contributed by atoms with Gasteiger partial charge in [-0.2, -0.15) is 0 Å². The number of amides is 3. The Morgan fingerprint density at radius 3 is 2.50 bits per heavy atom. The highest BCUT2D eigenvalue weighted by Crippen LogP contribution is 2.27. The van der Waals surface area contributed by atoms with Crippen molar-refractivity contribution in [3.05, 3.63) is 65.4 Å². The van der Waals surface area contributed by atoms with Crippen molar-refractivity contribution in [3.8, 4) is 0 Å². The Labute approximate surface area is 158 Å². The maximum absolute atomic E-state index is 12.4. The molecule has 2 heterocycles. The number of hydrogen-bond donors (Lipinski definition) is 2. The van der Waals surface area contributed by atoms with E-state index in [2.05, 4.69) is 5.32 Å². The molecule has 140 valence electrons. The normalized spacial score (nSPS) is 13.1. The predicted octanol–water partition coefficient (Wildman–Crippen LogP) is 2.76. The van der Waals surface area contributed by atoms with E-state index in [1.807, 2.05) is 12.1 Å². The number of imide groups is 1. The molecule has 1 aliphatic rings. The van der Waals surface area contributed by atoms with E-state index < -0.39 is 23.7 Å². The summed E-state index contributed by atoms with van der Waals surface area (Å²) in [4.78, 5) is 48.8. The Kier molecular flexibility index (Phi) is 4.15. The zero-order valence-corrected chi connectivity index (χ0v) is 14.5. The molecule has 28 heavy (non-hydrogen) atoms. The molecular weight excluding hydrogens is 364 g/mol. The largest absolute Gasteiger partial charge is 0.481 e. The summed E-state index contributed by atoms with van der Waals surface area (Å²) in [5.74, 6) is -2.60. The third kappa shape index (κ3) is 3.01. The van der Waals surface area contributed by atoms with Gasteiger partial charge in [0.2, 0.25) is 0 Å². The fourth-order valence-corrected chi connectivity index (χ4v) is 3.07. The molecule has 4 rings (SSSR count). The van der Waals surface area contributed by atoms with Crippen LogP contribution in [-0.2, 0) is 4.79 Å². The third-order valence-corrected chi connectivity index (χ3v) is 4.43. The lowest BCUT2D eigenvalue weighted by molar-refractivity contribution is -0.137. The number of fused-ring (bicyclic) bond motifs is 2. The highest BCUT2D eigenvalue weighted by atomic mass is 16.4. The zero-order chi connectivity index (χ0) is 19.8. The molecule has 8 nitrogen and oxygen atoms in total. The van der Waals surface area contributed by atoms with Crippen LogP contribution in [0.1, 0.15) is 37.7 Å². The second-order valence-corrected chi connectivity index (χ2v) is 6.27. The van der Waals surface area contributed by atoms with Crippen molar-refractivity contribution in [2.75, 3.05) is 11.9 Å². The Balaban J connectivity index is 1.55. The van der Waals surface area contributed by atoms with Crippen LogP contribution in [0.2, 0.25) is 0 Å². The smallest absolute Gasteiger partial charge is 0.305 e. The van der Waals surface area contributed by atoms with Gasteiger partial charge in [0.1, 0.15) is 5.58 Å². The molecule has 3 amide bonds. The van der Waals surface area contributed by atoms with Crippen molar-refractivity contribution < 1.29 is 28.7 Å². The van der Waals surface area contributed by atoms with E-state index >= 15 is 0 Å². The monoisotopic (exact) mass is 378 g/mol. The highest BCUT2D eigenvalue weighted by molar-refractivity contribution is 6.22. The quantitative estimate of drug-likeness (QED) is 0.659. The van der Waals surface area contributed by atoms with Crippen LogP contribution in [0, 0.1) is 0 Å². The van der Waals surface area contributed by atoms with Gasteiger partial charge in [-0.05, 0) is 30.3 Å². The molecule has 8 heteroatoms. The molecule has 0 saturated heterocycles. The maximum Gasteiger partial charge on any atom is 0.305 e. The number of nitrogens with zero attached hydrogens (tertiary/aromatic N) is 1. The standard InChI is InChI=1S/C20H14N2O6/c23-17(24)7-8-22-19(26)13-6-5-12(10-14(13)20(22)27)21-18(25)16-9-11-3-1-2-4-15(11)28-16/h1-6,9-10H,7-8H2,(H,21,25)(H,23,24). The zero-order valence-electron chi connectivity index (χ0n) is 14.5. The molecular formula is C20H14N2O6. The molecule has 3 aromatic rings. The molecule has 0 spiro atoms. The fraction of sp³-hybridized carbons (Fsp3) is 0.100. The van der Waals surface area contributed by atoms with Gasteiger partial charge in [-0.25, -0.2) is 0 Å². The van der Waals surface area contributed by atoms with E-state index in [0.717, 1.165) is 10.3 Å². The molecule has 0 unspecified atom stereocenters. The molecule has 0 atom stereocenters. The van der Waals surface area contributed by atoms with Crippen LogP contribution >= 0.6 is 0 Å². The lowest BCUT2D eigenvalue weighted by atomic mass is 10.1. The van der Waals surface area contributed by atoms with Crippen LogP contribution in [0.25, 0.3) is 11.0 Å². The van der Waals surface area contributed by atoms with Gasteiger partial charge in [0.25, 0.3) is 17.7 Å².